The van der Waals surface area contributed by atoms with Crippen molar-refractivity contribution in [1.29, 1.82) is 0 Å². The molecule has 1 unspecified atom stereocenters. The first kappa shape index (κ1) is 20.0. The Balaban J connectivity index is 3.05. The molecule has 1 N–H and O–H groups in total. The van der Waals surface area contributed by atoms with Crippen LogP contribution in [-0.2, 0) is 16.1 Å². The van der Waals surface area contributed by atoms with E-state index in [1.54, 1.807) is 12.0 Å². The van der Waals surface area contributed by atoms with Gasteiger partial charge in [0.05, 0.1) is 7.11 Å². The fourth-order valence-electron chi connectivity index (χ4n) is 2.54. The standard InChI is InChI=1S/C19H30N2O3/c1-7-16(18(23)20-19(3,4)5)21(17(22)8-2)13-14-10-9-11-15(12-14)24-6/h9-12,16H,7-8,13H2,1-6H3,(H,20,23). The zero-order valence-electron chi connectivity index (χ0n) is 15.7. The van der Waals surface area contributed by atoms with Crippen molar-refractivity contribution in [3.8, 4) is 5.75 Å². The molecule has 0 spiro atoms. The summed E-state index contributed by atoms with van der Waals surface area (Å²) in [6.07, 6.45) is 0.931. The van der Waals surface area contributed by atoms with Gasteiger partial charge in [-0.15, -0.1) is 0 Å². The molecule has 0 fully saturated rings. The molecule has 0 aliphatic carbocycles. The van der Waals surface area contributed by atoms with E-state index in [9.17, 15) is 9.59 Å². The van der Waals surface area contributed by atoms with Gasteiger partial charge in [-0.3, -0.25) is 9.59 Å². The molecule has 0 aliphatic rings. The van der Waals surface area contributed by atoms with Gasteiger partial charge in [-0.2, -0.15) is 0 Å². The van der Waals surface area contributed by atoms with Gasteiger partial charge >= 0.3 is 0 Å². The SMILES string of the molecule is CCC(=O)N(Cc1cccc(OC)c1)C(CC)C(=O)NC(C)(C)C. The molecule has 5 heteroatoms. The van der Waals surface area contributed by atoms with E-state index in [1.165, 1.54) is 0 Å². The third-order valence-corrected chi connectivity index (χ3v) is 3.67. The fraction of sp³-hybridized carbons (Fsp3) is 0.579. The molecule has 0 aliphatic heterocycles. The fourth-order valence-corrected chi connectivity index (χ4v) is 2.54. The highest BCUT2D eigenvalue weighted by molar-refractivity contribution is 5.88. The first-order valence-electron chi connectivity index (χ1n) is 8.46. The predicted molar refractivity (Wildman–Crippen MR) is 95.8 cm³/mol. The number of nitrogens with one attached hydrogen (secondary N) is 1. The van der Waals surface area contributed by atoms with Gasteiger partial charge < -0.3 is 15.0 Å². The minimum Gasteiger partial charge on any atom is -0.497 e. The zero-order chi connectivity index (χ0) is 18.3. The number of hydrogen-bond donors (Lipinski definition) is 1. The lowest BCUT2D eigenvalue weighted by Crippen LogP contribution is -2.53. The molecule has 1 aromatic carbocycles. The first-order chi connectivity index (χ1) is 11.2. The van der Waals surface area contributed by atoms with Crippen LogP contribution in [0.1, 0.15) is 53.0 Å². The molecular weight excluding hydrogens is 304 g/mol. The molecule has 0 saturated carbocycles. The van der Waals surface area contributed by atoms with Crippen LogP contribution in [0.15, 0.2) is 24.3 Å². The summed E-state index contributed by atoms with van der Waals surface area (Å²) in [5.74, 6) is 0.590. The third-order valence-electron chi connectivity index (χ3n) is 3.67. The highest BCUT2D eigenvalue weighted by Crippen LogP contribution is 2.18. The monoisotopic (exact) mass is 334 g/mol. The van der Waals surface area contributed by atoms with E-state index >= 15 is 0 Å². The molecule has 0 aromatic heterocycles. The van der Waals surface area contributed by atoms with Crippen molar-refractivity contribution in [1.82, 2.24) is 10.2 Å². The lowest BCUT2D eigenvalue weighted by Gasteiger charge is -2.33. The number of rotatable bonds is 7. The van der Waals surface area contributed by atoms with Gasteiger partial charge in [0.2, 0.25) is 11.8 Å². The van der Waals surface area contributed by atoms with Crippen LogP contribution in [0.4, 0.5) is 0 Å². The summed E-state index contributed by atoms with van der Waals surface area (Å²) in [5.41, 5.74) is 0.611. The van der Waals surface area contributed by atoms with Crippen LogP contribution in [0, 0.1) is 0 Å². The molecule has 0 heterocycles. The minimum absolute atomic E-state index is 0.0336. The van der Waals surface area contributed by atoms with E-state index in [2.05, 4.69) is 5.32 Å². The van der Waals surface area contributed by atoms with Gasteiger partial charge in [0.15, 0.2) is 0 Å². The number of methoxy groups -OCH3 is 1. The number of ether oxygens (including phenoxy) is 1. The van der Waals surface area contributed by atoms with Crippen molar-refractivity contribution in [2.45, 2.75) is 65.6 Å². The normalized spacial score (nSPS) is 12.4. The second-order valence-corrected chi connectivity index (χ2v) is 6.89. The van der Waals surface area contributed by atoms with Gasteiger partial charge in [0, 0.05) is 18.5 Å². The lowest BCUT2D eigenvalue weighted by atomic mass is 10.1. The van der Waals surface area contributed by atoms with E-state index in [0.717, 1.165) is 11.3 Å². The lowest BCUT2D eigenvalue weighted by molar-refractivity contribution is -0.141. The Hall–Kier alpha value is -2.04. The Morgan fingerprint density at radius 2 is 1.92 bits per heavy atom. The van der Waals surface area contributed by atoms with Gasteiger partial charge in [-0.1, -0.05) is 26.0 Å². The van der Waals surface area contributed by atoms with Crippen LogP contribution in [0.5, 0.6) is 5.75 Å². The topological polar surface area (TPSA) is 58.6 Å². The number of carbonyl (C=O) groups is 2. The van der Waals surface area contributed by atoms with Gasteiger partial charge in [0.25, 0.3) is 0 Å². The van der Waals surface area contributed by atoms with Crippen molar-refractivity contribution < 1.29 is 14.3 Å². The number of hydrogen-bond acceptors (Lipinski definition) is 3. The van der Waals surface area contributed by atoms with Crippen LogP contribution >= 0.6 is 0 Å². The average Bonchev–Trinajstić information content (AvgIpc) is 2.52. The summed E-state index contributed by atoms with van der Waals surface area (Å²) in [6, 6.07) is 7.10. The molecule has 0 radical (unpaired) electrons. The predicted octanol–water partition coefficient (Wildman–Crippen LogP) is 3.13. The molecule has 1 rings (SSSR count). The maximum Gasteiger partial charge on any atom is 0.243 e. The Morgan fingerprint density at radius 1 is 1.25 bits per heavy atom. The van der Waals surface area contributed by atoms with E-state index in [0.29, 0.717) is 19.4 Å². The second-order valence-electron chi connectivity index (χ2n) is 6.89. The molecule has 24 heavy (non-hydrogen) atoms. The molecule has 5 nitrogen and oxygen atoms in total. The second kappa shape index (κ2) is 8.71. The maximum absolute atomic E-state index is 12.6. The van der Waals surface area contributed by atoms with Crippen molar-refractivity contribution >= 4 is 11.8 Å². The van der Waals surface area contributed by atoms with Crippen LogP contribution in [-0.4, -0.2) is 35.4 Å². The Kier molecular flexibility index (Phi) is 7.26. The molecule has 134 valence electrons. The largest absolute Gasteiger partial charge is 0.497 e. The van der Waals surface area contributed by atoms with Gasteiger partial charge in [0.1, 0.15) is 11.8 Å². The molecular formula is C19H30N2O3. The van der Waals surface area contributed by atoms with E-state index in [4.69, 9.17) is 4.74 Å². The zero-order valence-corrected chi connectivity index (χ0v) is 15.7. The van der Waals surface area contributed by atoms with Gasteiger partial charge in [-0.25, -0.2) is 0 Å². The first-order valence-corrected chi connectivity index (χ1v) is 8.46. The summed E-state index contributed by atoms with van der Waals surface area (Å²) in [7, 11) is 1.61. The highest BCUT2D eigenvalue weighted by Gasteiger charge is 2.29. The van der Waals surface area contributed by atoms with Crippen LogP contribution < -0.4 is 10.1 Å². The van der Waals surface area contributed by atoms with Crippen molar-refractivity contribution in [2.75, 3.05) is 7.11 Å². The molecule has 1 aromatic rings. The summed E-state index contributed by atoms with van der Waals surface area (Å²) < 4.78 is 5.24. The Labute approximate surface area is 145 Å². The number of amides is 2. The summed E-state index contributed by atoms with van der Waals surface area (Å²) in [6.45, 7) is 9.94. The van der Waals surface area contributed by atoms with E-state index in [1.807, 2.05) is 58.9 Å². The highest BCUT2D eigenvalue weighted by atomic mass is 16.5. The van der Waals surface area contributed by atoms with Crippen LogP contribution in [0.3, 0.4) is 0 Å². The number of nitrogens with zero attached hydrogens (tertiary/aromatic N) is 1. The van der Waals surface area contributed by atoms with Crippen molar-refractivity contribution in [3.63, 3.8) is 0 Å². The van der Waals surface area contributed by atoms with Crippen LogP contribution in [0.2, 0.25) is 0 Å². The van der Waals surface area contributed by atoms with Gasteiger partial charge in [-0.05, 0) is 44.9 Å². The van der Waals surface area contributed by atoms with E-state index in [-0.39, 0.29) is 17.4 Å². The summed E-state index contributed by atoms with van der Waals surface area (Å²) in [5, 5.41) is 2.98. The average molecular weight is 334 g/mol. The summed E-state index contributed by atoms with van der Waals surface area (Å²) >= 11 is 0. The van der Waals surface area contributed by atoms with Crippen LogP contribution in [0.25, 0.3) is 0 Å². The summed E-state index contributed by atoms with van der Waals surface area (Å²) in [4.78, 5) is 26.8. The van der Waals surface area contributed by atoms with E-state index < -0.39 is 6.04 Å². The molecule has 1 atom stereocenters. The van der Waals surface area contributed by atoms with Crippen molar-refractivity contribution in [3.05, 3.63) is 29.8 Å². The quantitative estimate of drug-likeness (QED) is 0.833. The maximum atomic E-state index is 12.6. The number of benzene rings is 1. The smallest absolute Gasteiger partial charge is 0.243 e. The molecule has 0 saturated heterocycles. The minimum atomic E-state index is -0.483. The Bertz CT molecular complexity index is 564. The Morgan fingerprint density at radius 3 is 2.42 bits per heavy atom. The molecule has 0 bridgehead atoms. The van der Waals surface area contributed by atoms with Crippen molar-refractivity contribution in [2.24, 2.45) is 0 Å². The number of carbonyl (C=O) groups excluding carboxylic acids is 2. The molecule has 2 amide bonds. The third kappa shape index (κ3) is 5.87.